The summed E-state index contributed by atoms with van der Waals surface area (Å²) in [5.74, 6) is 0.161. The number of hydrogen-bond donors (Lipinski definition) is 2. The van der Waals surface area contributed by atoms with E-state index in [4.69, 9.17) is 28.3 Å². The van der Waals surface area contributed by atoms with E-state index < -0.39 is 5.54 Å². The van der Waals surface area contributed by atoms with Crippen LogP contribution in [0.15, 0.2) is 23.1 Å². The van der Waals surface area contributed by atoms with Crippen LogP contribution in [0.4, 0.5) is 0 Å². The SMILES string of the molecule is CC(C)(CCO)NC(=O)CSc1cc(Cl)ccc1Cl. The second-order valence-corrected chi connectivity index (χ2v) is 6.63. The van der Waals surface area contributed by atoms with Gasteiger partial charge in [-0.2, -0.15) is 0 Å². The van der Waals surface area contributed by atoms with Crippen LogP contribution in [0, 0.1) is 0 Å². The smallest absolute Gasteiger partial charge is 0.230 e. The van der Waals surface area contributed by atoms with Gasteiger partial charge in [0.1, 0.15) is 0 Å². The third-order valence-corrected chi connectivity index (χ3v) is 4.20. The molecule has 1 aromatic carbocycles. The van der Waals surface area contributed by atoms with Gasteiger partial charge in [-0.15, -0.1) is 11.8 Å². The molecule has 0 aliphatic rings. The summed E-state index contributed by atoms with van der Waals surface area (Å²) in [6, 6.07) is 5.15. The Hall–Kier alpha value is -0.420. The standard InChI is InChI=1S/C13H17Cl2NO2S/c1-13(2,5-6-17)16-12(18)8-19-11-7-9(14)3-4-10(11)15/h3-4,7,17H,5-6,8H2,1-2H3,(H,16,18). The van der Waals surface area contributed by atoms with Gasteiger partial charge >= 0.3 is 0 Å². The number of carbonyl (C=O) groups is 1. The lowest BCUT2D eigenvalue weighted by Crippen LogP contribution is -2.44. The number of halogens is 2. The van der Waals surface area contributed by atoms with Crippen LogP contribution in [-0.2, 0) is 4.79 Å². The van der Waals surface area contributed by atoms with Crippen LogP contribution in [0.5, 0.6) is 0 Å². The van der Waals surface area contributed by atoms with E-state index >= 15 is 0 Å². The molecule has 0 atom stereocenters. The van der Waals surface area contributed by atoms with Crippen molar-refractivity contribution in [3.05, 3.63) is 28.2 Å². The predicted molar refractivity (Wildman–Crippen MR) is 81.1 cm³/mol. The third kappa shape index (κ3) is 6.04. The molecular formula is C13H17Cl2NO2S. The molecule has 0 saturated heterocycles. The summed E-state index contributed by atoms with van der Waals surface area (Å²) in [5, 5.41) is 12.9. The zero-order valence-electron chi connectivity index (χ0n) is 10.9. The van der Waals surface area contributed by atoms with Gasteiger partial charge in [0.25, 0.3) is 0 Å². The first-order valence-electron chi connectivity index (χ1n) is 5.84. The highest BCUT2D eigenvalue weighted by molar-refractivity contribution is 8.00. The largest absolute Gasteiger partial charge is 0.396 e. The van der Waals surface area contributed by atoms with Crippen molar-refractivity contribution in [3.63, 3.8) is 0 Å². The lowest BCUT2D eigenvalue weighted by molar-refractivity contribution is -0.120. The summed E-state index contributed by atoms with van der Waals surface area (Å²) in [4.78, 5) is 12.6. The van der Waals surface area contributed by atoms with Gasteiger partial charge in [-0.25, -0.2) is 0 Å². The fourth-order valence-electron chi connectivity index (χ4n) is 1.49. The summed E-state index contributed by atoms with van der Waals surface area (Å²) < 4.78 is 0. The van der Waals surface area contributed by atoms with E-state index in [-0.39, 0.29) is 18.3 Å². The van der Waals surface area contributed by atoms with Crippen molar-refractivity contribution in [2.75, 3.05) is 12.4 Å². The van der Waals surface area contributed by atoms with E-state index in [0.29, 0.717) is 16.5 Å². The van der Waals surface area contributed by atoms with Crippen molar-refractivity contribution in [3.8, 4) is 0 Å². The summed E-state index contributed by atoms with van der Waals surface area (Å²) in [6.45, 7) is 3.79. The quantitative estimate of drug-likeness (QED) is 0.790. The van der Waals surface area contributed by atoms with Crippen molar-refractivity contribution in [2.45, 2.75) is 30.7 Å². The maximum absolute atomic E-state index is 11.8. The molecule has 2 N–H and O–H groups in total. The predicted octanol–water partition coefficient (Wildman–Crippen LogP) is 3.36. The number of carbonyl (C=O) groups excluding carboxylic acids is 1. The Labute approximate surface area is 127 Å². The van der Waals surface area contributed by atoms with Crippen molar-refractivity contribution in [2.24, 2.45) is 0 Å². The summed E-state index contributed by atoms with van der Waals surface area (Å²) >= 11 is 13.2. The van der Waals surface area contributed by atoms with Crippen molar-refractivity contribution in [1.82, 2.24) is 5.32 Å². The van der Waals surface area contributed by atoms with E-state index in [1.165, 1.54) is 11.8 Å². The van der Waals surface area contributed by atoms with Crippen LogP contribution < -0.4 is 5.32 Å². The Morgan fingerprint density at radius 3 is 2.74 bits per heavy atom. The van der Waals surface area contributed by atoms with E-state index in [1.807, 2.05) is 13.8 Å². The molecule has 0 bridgehead atoms. The van der Waals surface area contributed by atoms with Crippen LogP contribution in [0.25, 0.3) is 0 Å². The van der Waals surface area contributed by atoms with Crippen LogP contribution >= 0.6 is 35.0 Å². The molecule has 0 saturated carbocycles. The van der Waals surface area contributed by atoms with Crippen molar-refractivity contribution < 1.29 is 9.90 Å². The molecule has 1 rings (SSSR count). The average Bonchev–Trinajstić information content (AvgIpc) is 2.29. The van der Waals surface area contributed by atoms with Gasteiger partial charge in [-0.1, -0.05) is 23.2 Å². The number of benzene rings is 1. The van der Waals surface area contributed by atoms with Gasteiger partial charge in [0.2, 0.25) is 5.91 Å². The Kier molecular flexibility index (Phi) is 6.47. The number of rotatable bonds is 6. The molecule has 6 heteroatoms. The number of amides is 1. The van der Waals surface area contributed by atoms with Crippen LogP contribution in [0.2, 0.25) is 10.0 Å². The zero-order valence-corrected chi connectivity index (χ0v) is 13.2. The van der Waals surface area contributed by atoms with E-state index in [1.54, 1.807) is 18.2 Å². The Morgan fingerprint density at radius 1 is 1.42 bits per heavy atom. The minimum atomic E-state index is -0.412. The van der Waals surface area contributed by atoms with E-state index in [2.05, 4.69) is 5.32 Å². The average molecular weight is 322 g/mol. The molecule has 19 heavy (non-hydrogen) atoms. The number of aliphatic hydroxyl groups excluding tert-OH is 1. The van der Waals surface area contributed by atoms with Gasteiger partial charge < -0.3 is 10.4 Å². The zero-order chi connectivity index (χ0) is 14.5. The maximum Gasteiger partial charge on any atom is 0.230 e. The van der Waals surface area contributed by atoms with Gasteiger partial charge in [0.15, 0.2) is 0 Å². The van der Waals surface area contributed by atoms with Crippen LogP contribution in [0.3, 0.4) is 0 Å². The lowest BCUT2D eigenvalue weighted by Gasteiger charge is -2.25. The molecule has 0 fully saturated rings. The molecule has 1 amide bonds. The van der Waals surface area contributed by atoms with Gasteiger partial charge in [0, 0.05) is 22.1 Å². The second-order valence-electron chi connectivity index (χ2n) is 4.77. The fourth-order valence-corrected chi connectivity index (χ4v) is 2.78. The van der Waals surface area contributed by atoms with Gasteiger partial charge in [0.05, 0.1) is 10.8 Å². The highest BCUT2D eigenvalue weighted by atomic mass is 35.5. The number of thioether (sulfide) groups is 1. The summed E-state index contributed by atoms with van der Waals surface area (Å²) in [6.07, 6.45) is 0.515. The summed E-state index contributed by atoms with van der Waals surface area (Å²) in [5.41, 5.74) is -0.412. The number of hydrogen-bond acceptors (Lipinski definition) is 3. The topological polar surface area (TPSA) is 49.3 Å². The highest BCUT2D eigenvalue weighted by Gasteiger charge is 2.19. The third-order valence-electron chi connectivity index (χ3n) is 2.47. The molecule has 1 aromatic rings. The minimum absolute atomic E-state index is 0.0422. The first-order valence-corrected chi connectivity index (χ1v) is 7.58. The van der Waals surface area contributed by atoms with Crippen LogP contribution in [-0.4, -0.2) is 28.9 Å². The van der Waals surface area contributed by atoms with E-state index in [9.17, 15) is 4.79 Å². The minimum Gasteiger partial charge on any atom is -0.396 e. The number of nitrogens with one attached hydrogen (secondary N) is 1. The Morgan fingerprint density at radius 2 is 2.11 bits per heavy atom. The Balaban J connectivity index is 2.52. The van der Waals surface area contributed by atoms with E-state index in [0.717, 1.165) is 4.90 Å². The van der Waals surface area contributed by atoms with Crippen molar-refractivity contribution >= 4 is 40.9 Å². The van der Waals surface area contributed by atoms with Gasteiger partial charge in [-0.3, -0.25) is 4.79 Å². The molecule has 0 aliphatic carbocycles. The molecule has 106 valence electrons. The maximum atomic E-state index is 11.8. The molecule has 0 unspecified atom stereocenters. The summed E-state index contributed by atoms with van der Waals surface area (Å²) in [7, 11) is 0. The molecule has 0 aliphatic heterocycles. The Bertz CT molecular complexity index is 452. The second kappa shape index (κ2) is 7.39. The van der Waals surface area contributed by atoms with Gasteiger partial charge in [-0.05, 0) is 38.5 Å². The lowest BCUT2D eigenvalue weighted by atomic mass is 10.0. The normalized spacial score (nSPS) is 11.4. The monoisotopic (exact) mass is 321 g/mol. The fraction of sp³-hybridized carbons (Fsp3) is 0.462. The molecule has 3 nitrogen and oxygen atoms in total. The first-order chi connectivity index (χ1) is 8.84. The highest BCUT2D eigenvalue weighted by Crippen LogP contribution is 2.29. The molecule has 0 radical (unpaired) electrons. The van der Waals surface area contributed by atoms with Crippen LogP contribution in [0.1, 0.15) is 20.3 Å². The number of aliphatic hydroxyl groups is 1. The molecule has 0 heterocycles. The van der Waals surface area contributed by atoms with Crippen molar-refractivity contribution in [1.29, 1.82) is 0 Å². The molecule has 0 spiro atoms. The first kappa shape index (κ1) is 16.6. The molecular weight excluding hydrogens is 305 g/mol. The molecule has 0 aromatic heterocycles.